The number of ether oxygens (including phenoxy) is 3. The van der Waals surface area contributed by atoms with Crippen molar-refractivity contribution in [3.05, 3.63) is 59.7 Å². The molecule has 0 radical (unpaired) electrons. The SMILES string of the molecule is COc1ccc(CN(Cc2ccc(OC)cc2)C2COC(CNC(=O)CC(C)(C)C)C2O)cc1. The summed E-state index contributed by atoms with van der Waals surface area (Å²) in [6, 6.07) is 15.7. The van der Waals surface area contributed by atoms with Gasteiger partial charge in [-0.25, -0.2) is 0 Å². The maximum atomic E-state index is 12.2. The van der Waals surface area contributed by atoms with Crippen molar-refractivity contribution in [1.29, 1.82) is 0 Å². The highest BCUT2D eigenvalue weighted by atomic mass is 16.5. The van der Waals surface area contributed by atoms with Gasteiger partial charge in [0.05, 0.1) is 33.0 Å². The first-order valence-corrected chi connectivity index (χ1v) is 11.7. The van der Waals surface area contributed by atoms with Crippen LogP contribution in [-0.2, 0) is 22.6 Å². The molecule has 1 heterocycles. The van der Waals surface area contributed by atoms with Crippen LogP contribution in [0.5, 0.6) is 11.5 Å². The molecule has 3 rings (SSSR count). The van der Waals surface area contributed by atoms with E-state index in [1.807, 2.05) is 69.3 Å². The molecule has 3 unspecified atom stereocenters. The van der Waals surface area contributed by atoms with E-state index in [-0.39, 0.29) is 17.4 Å². The Morgan fingerprint density at radius 3 is 1.94 bits per heavy atom. The van der Waals surface area contributed by atoms with Gasteiger partial charge in [0, 0.05) is 26.1 Å². The zero-order valence-corrected chi connectivity index (χ0v) is 20.9. The normalized spacial score (nSPS) is 20.4. The number of aliphatic hydroxyl groups is 1. The van der Waals surface area contributed by atoms with Gasteiger partial charge in [-0.2, -0.15) is 0 Å². The molecule has 1 amide bonds. The summed E-state index contributed by atoms with van der Waals surface area (Å²) in [7, 11) is 3.30. The third-order valence-corrected chi connectivity index (χ3v) is 6.01. The standard InChI is InChI=1S/C27H38N2O5/c1-27(2,3)14-25(30)28-15-24-26(31)23(18-34-24)29(16-19-6-10-21(32-4)11-7-19)17-20-8-12-22(33-5)13-9-20/h6-13,23-24,26,31H,14-18H2,1-5H3,(H,28,30). The molecule has 7 nitrogen and oxygen atoms in total. The summed E-state index contributed by atoms with van der Waals surface area (Å²) < 4.78 is 16.5. The van der Waals surface area contributed by atoms with E-state index in [1.54, 1.807) is 14.2 Å². The fraction of sp³-hybridized carbons (Fsp3) is 0.519. The number of nitrogens with one attached hydrogen (secondary N) is 1. The summed E-state index contributed by atoms with van der Waals surface area (Å²) in [6.45, 7) is 8.06. The first-order chi connectivity index (χ1) is 16.2. The van der Waals surface area contributed by atoms with E-state index >= 15 is 0 Å². The Labute approximate surface area is 203 Å². The van der Waals surface area contributed by atoms with E-state index in [0.29, 0.717) is 32.7 Å². The van der Waals surface area contributed by atoms with Crippen molar-refractivity contribution >= 4 is 5.91 Å². The number of nitrogens with zero attached hydrogens (tertiary/aromatic N) is 1. The number of carbonyl (C=O) groups is 1. The molecular weight excluding hydrogens is 432 g/mol. The van der Waals surface area contributed by atoms with Crippen LogP contribution in [0.3, 0.4) is 0 Å². The van der Waals surface area contributed by atoms with Gasteiger partial charge in [0.25, 0.3) is 0 Å². The number of carbonyl (C=O) groups excluding carboxylic acids is 1. The smallest absolute Gasteiger partial charge is 0.220 e. The van der Waals surface area contributed by atoms with Crippen LogP contribution < -0.4 is 14.8 Å². The number of benzene rings is 2. The third-order valence-electron chi connectivity index (χ3n) is 6.01. The van der Waals surface area contributed by atoms with Crippen LogP contribution in [0.4, 0.5) is 0 Å². The lowest BCUT2D eigenvalue weighted by atomic mass is 9.92. The van der Waals surface area contributed by atoms with Gasteiger partial charge >= 0.3 is 0 Å². The molecule has 0 saturated carbocycles. The van der Waals surface area contributed by atoms with E-state index in [0.717, 1.165) is 22.6 Å². The van der Waals surface area contributed by atoms with Crippen LogP contribution in [-0.4, -0.2) is 61.5 Å². The van der Waals surface area contributed by atoms with Crippen LogP contribution in [0.15, 0.2) is 48.5 Å². The Hall–Kier alpha value is -2.61. The molecule has 1 fully saturated rings. The third kappa shape index (κ3) is 7.45. The molecule has 0 bridgehead atoms. The van der Waals surface area contributed by atoms with Crippen molar-refractivity contribution in [2.75, 3.05) is 27.4 Å². The maximum absolute atomic E-state index is 12.2. The lowest BCUT2D eigenvalue weighted by Crippen LogP contribution is -2.46. The molecule has 0 spiro atoms. The van der Waals surface area contributed by atoms with Gasteiger partial charge in [0.1, 0.15) is 17.6 Å². The summed E-state index contributed by atoms with van der Waals surface area (Å²) in [6.07, 6.45) is -0.727. The highest BCUT2D eigenvalue weighted by Gasteiger charge is 2.39. The lowest BCUT2D eigenvalue weighted by Gasteiger charge is -2.31. The van der Waals surface area contributed by atoms with Gasteiger partial charge in [-0.05, 0) is 40.8 Å². The van der Waals surface area contributed by atoms with Gasteiger partial charge in [-0.1, -0.05) is 45.0 Å². The van der Waals surface area contributed by atoms with Crippen molar-refractivity contribution in [1.82, 2.24) is 10.2 Å². The molecule has 7 heteroatoms. The highest BCUT2D eigenvalue weighted by molar-refractivity contribution is 5.76. The number of aliphatic hydroxyl groups excluding tert-OH is 1. The predicted molar refractivity (Wildman–Crippen MR) is 132 cm³/mol. The lowest BCUT2D eigenvalue weighted by molar-refractivity contribution is -0.123. The first kappa shape index (κ1) is 26.0. The van der Waals surface area contributed by atoms with Crippen molar-refractivity contribution in [3.63, 3.8) is 0 Å². The van der Waals surface area contributed by atoms with Crippen molar-refractivity contribution < 1.29 is 24.1 Å². The molecule has 34 heavy (non-hydrogen) atoms. The van der Waals surface area contributed by atoms with E-state index in [4.69, 9.17) is 14.2 Å². The minimum Gasteiger partial charge on any atom is -0.497 e. The molecule has 2 aromatic rings. The minimum absolute atomic E-state index is 0.0277. The van der Waals surface area contributed by atoms with Crippen LogP contribution in [0.2, 0.25) is 0 Å². The van der Waals surface area contributed by atoms with Crippen molar-refractivity contribution in [2.24, 2.45) is 5.41 Å². The average molecular weight is 471 g/mol. The summed E-state index contributed by atoms with van der Waals surface area (Å²) >= 11 is 0. The second-order valence-electron chi connectivity index (χ2n) is 10.1. The highest BCUT2D eigenvalue weighted by Crippen LogP contribution is 2.25. The van der Waals surface area contributed by atoms with E-state index in [9.17, 15) is 9.90 Å². The van der Waals surface area contributed by atoms with Gasteiger partial charge in [0.15, 0.2) is 0 Å². The fourth-order valence-corrected chi connectivity index (χ4v) is 4.15. The topological polar surface area (TPSA) is 80.3 Å². The molecule has 2 aromatic carbocycles. The monoisotopic (exact) mass is 470 g/mol. The second kappa shape index (κ2) is 11.7. The van der Waals surface area contributed by atoms with E-state index in [2.05, 4.69) is 10.2 Å². The van der Waals surface area contributed by atoms with Gasteiger partial charge < -0.3 is 24.6 Å². The fourth-order valence-electron chi connectivity index (χ4n) is 4.15. The number of methoxy groups -OCH3 is 2. The molecule has 1 aliphatic rings. The summed E-state index contributed by atoms with van der Waals surface area (Å²) in [4.78, 5) is 14.5. The Balaban J connectivity index is 1.70. The molecule has 0 aromatic heterocycles. The average Bonchev–Trinajstić information content (AvgIpc) is 3.17. The molecule has 2 N–H and O–H groups in total. The summed E-state index contributed by atoms with van der Waals surface area (Å²) in [5.41, 5.74) is 2.14. The number of hydrogen-bond acceptors (Lipinski definition) is 6. The molecule has 1 aliphatic heterocycles. The molecule has 3 atom stereocenters. The van der Waals surface area contributed by atoms with Crippen LogP contribution in [0.1, 0.15) is 38.3 Å². The van der Waals surface area contributed by atoms with Gasteiger partial charge in [-0.15, -0.1) is 0 Å². The minimum atomic E-state index is -0.716. The number of hydrogen-bond donors (Lipinski definition) is 2. The molecular formula is C27H38N2O5. The molecule has 0 aliphatic carbocycles. The van der Waals surface area contributed by atoms with Gasteiger partial charge in [0.2, 0.25) is 5.91 Å². The largest absolute Gasteiger partial charge is 0.497 e. The maximum Gasteiger partial charge on any atom is 0.220 e. The number of amides is 1. The number of rotatable bonds is 10. The summed E-state index contributed by atoms with van der Waals surface area (Å²) in [5, 5.41) is 14.1. The quantitative estimate of drug-likeness (QED) is 0.554. The second-order valence-corrected chi connectivity index (χ2v) is 10.1. The van der Waals surface area contributed by atoms with Crippen molar-refractivity contribution in [3.8, 4) is 11.5 Å². The summed E-state index contributed by atoms with van der Waals surface area (Å²) in [5.74, 6) is 1.58. The van der Waals surface area contributed by atoms with Crippen LogP contribution in [0, 0.1) is 5.41 Å². The first-order valence-electron chi connectivity index (χ1n) is 11.7. The van der Waals surface area contributed by atoms with Crippen LogP contribution in [0.25, 0.3) is 0 Å². The Kier molecular flexibility index (Phi) is 8.94. The Morgan fingerprint density at radius 2 is 1.50 bits per heavy atom. The van der Waals surface area contributed by atoms with Crippen molar-refractivity contribution in [2.45, 2.75) is 58.5 Å². The Morgan fingerprint density at radius 1 is 1.00 bits per heavy atom. The zero-order chi connectivity index (χ0) is 24.7. The zero-order valence-electron chi connectivity index (χ0n) is 20.9. The van der Waals surface area contributed by atoms with Gasteiger partial charge in [-0.3, -0.25) is 9.69 Å². The van der Waals surface area contributed by atoms with E-state index in [1.165, 1.54) is 0 Å². The molecule has 186 valence electrons. The van der Waals surface area contributed by atoms with E-state index < -0.39 is 12.2 Å². The predicted octanol–water partition coefficient (Wildman–Crippen LogP) is 3.39. The van der Waals surface area contributed by atoms with Crippen LogP contribution >= 0.6 is 0 Å². The molecule has 1 saturated heterocycles. The Bertz CT molecular complexity index is 859.